The lowest BCUT2D eigenvalue weighted by atomic mass is 10.1. The number of nitrogens with two attached hydrogens (primary N) is 3. The number of amides is 1. The van der Waals surface area contributed by atoms with E-state index in [0.717, 1.165) is 12.8 Å². The van der Waals surface area contributed by atoms with Gasteiger partial charge < -0.3 is 27.4 Å². The molecule has 8 nitrogen and oxygen atoms in total. The van der Waals surface area contributed by atoms with Crippen LogP contribution in [0.3, 0.4) is 0 Å². The number of aliphatic carboxylic acids is 2. The minimum atomic E-state index is -1.21. The Bertz CT molecular complexity index is 283. The highest BCUT2D eigenvalue weighted by atomic mass is 16.4. The van der Waals surface area contributed by atoms with Gasteiger partial charge in [0.15, 0.2) is 0 Å². The van der Waals surface area contributed by atoms with Crippen LogP contribution in [0.15, 0.2) is 0 Å². The summed E-state index contributed by atoms with van der Waals surface area (Å²) in [7, 11) is 0. The van der Waals surface area contributed by atoms with E-state index in [1.54, 1.807) is 0 Å². The van der Waals surface area contributed by atoms with E-state index in [-0.39, 0.29) is 6.42 Å². The third-order valence-electron chi connectivity index (χ3n) is 1.92. The molecule has 8 N–H and O–H groups in total. The second-order valence-electron chi connectivity index (χ2n) is 3.70. The molecule has 0 aliphatic carbocycles. The van der Waals surface area contributed by atoms with Gasteiger partial charge in [0.2, 0.25) is 5.91 Å². The fourth-order valence-corrected chi connectivity index (χ4v) is 0.852. The summed E-state index contributed by atoms with van der Waals surface area (Å²) in [4.78, 5) is 30.0. The highest BCUT2D eigenvalue weighted by molar-refractivity contribution is 5.83. The van der Waals surface area contributed by atoms with Crippen LogP contribution in [-0.4, -0.2) is 40.1 Å². The van der Waals surface area contributed by atoms with Crippen molar-refractivity contribution in [2.24, 2.45) is 17.2 Å². The van der Waals surface area contributed by atoms with Crippen LogP contribution in [0.1, 0.15) is 32.6 Å². The first-order valence-electron chi connectivity index (χ1n) is 5.47. The van der Waals surface area contributed by atoms with Gasteiger partial charge in [0.25, 0.3) is 0 Å². The van der Waals surface area contributed by atoms with Crippen molar-refractivity contribution in [3.8, 4) is 0 Å². The Hall–Kier alpha value is -1.67. The molecule has 0 heterocycles. The van der Waals surface area contributed by atoms with Crippen molar-refractivity contribution in [3.63, 3.8) is 0 Å². The van der Waals surface area contributed by atoms with E-state index < -0.39 is 29.9 Å². The summed E-state index contributed by atoms with van der Waals surface area (Å²) in [6, 6.07) is -1.83. The summed E-state index contributed by atoms with van der Waals surface area (Å²) in [5.74, 6) is -2.82. The predicted octanol–water partition coefficient (Wildman–Crippen LogP) is -1.14. The first kappa shape index (κ1) is 18.7. The number of hydrogen-bond donors (Lipinski definition) is 5. The average Bonchev–Trinajstić information content (AvgIpc) is 2.25. The van der Waals surface area contributed by atoms with Crippen LogP contribution in [0, 0.1) is 0 Å². The minimum absolute atomic E-state index is 0.310. The van der Waals surface area contributed by atoms with E-state index in [2.05, 4.69) is 5.73 Å². The molecule has 0 saturated carbocycles. The Labute approximate surface area is 105 Å². The van der Waals surface area contributed by atoms with Crippen LogP contribution in [0.5, 0.6) is 0 Å². The molecule has 0 aliphatic heterocycles. The molecular weight excluding hydrogens is 242 g/mol. The van der Waals surface area contributed by atoms with Crippen LogP contribution >= 0.6 is 0 Å². The number of carboxylic acids is 2. The Morgan fingerprint density at radius 2 is 1.50 bits per heavy atom. The topological polar surface area (TPSA) is 170 Å². The predicted molar refractivity (Wildman–Crippen MR) is 64.6 cm³/mol. The van der Waals surface area contributed by atoms with Crippen molar-refractivity contribution in [2.75, 3.05) is 0 Å². The van der Waals surface area contributed by atoms with Crippen LogP contribution in [-0.2, 0) is 14.4 Å². The molecule has 0 aromatic carbocycles. The molecule has 0 spiro atoms. The molecule has 0 aromatic rings. The van der Waals surface area contributed by atoms with Gasteiger partial charge in [-0.2, -0.15) is 0 Å². The second-order valence-corrected chi connectivity index (χ2v) is 3.70. The molecular formula is C10H21N3O5. The minimum Gasteiger partial charge on any atom is -0.480 e. The van der Waals surface area contributed by atoms with Gasteiger partial charge in [0.05, 0.1) is 6.42 Å². The average molecular weight is 263 g/mol. The fourth-order valence-electron chi connectivity index (χ4n) is 0.852. The third-order valence-corrected chi connectivity index (χ3v) is 1.92. The van der Waals surface area contributed by atoms with Crippen molar-refractivity contribution in [1.29, 1.82) is 0 Å². The maximum absolute atomic E-state index is 10.1. The van der Waals surface area contributed by atoms with E-state index in [9.17, 15) is 14.4 Å². The summed E-state index contributed by atoms with van der Waals surface area (Å²) < 4.78 is 0. The van der Waals surface area contributed by atoms with Crippen molar-refractivity contribution in [2.45, 2.75) is 44.7 Å². The quantitative estimate of drug-likeness (QED) is 0.386. The third kappa shape index (κ3) is 12.4. The van der Waals surface area contributed by atoms with Crippen molar-refractivity contribution < 1.29 is 24.6 Å². The van der Waals surface area contributed by atoms with E-state index >= 15 is 0 Å². The molecule has 2 atom stereocenters. The Balaban J connectivity index is 0. The maximum Gasteiger partial charge on any atom is 0.321 e. The van der Waals surface area contributed by atoms with Gasteiger partial charge in [-0.05, 0) is 6.42 Å². The van der Waals surface area contributed by atoms with Crippen molar-refractivity contribution in [1.82, 2.24) is 0 Å². The Morgan fingerprint density at radius 3 is 1.72 bits per heavy atom. The van der Waals surface area contributed by atoms with Crippen molar-refractivity contribution in [3.05, 3.63) is 0 Å². The number of carbonyl (C=O) groups excluding carboxylic acids is 1. The van der Waals surface area contributed by atoms with Gasteiger partial charge in [0, 0.05) is 0 Å². The molecule has 106 valence electrons. The van der Waals surface area contributed by atoms with Gasteiger partial charge in [-0.1, -0.05) is 19.8 Å². The molecule has 0 unspecified atom stereocenters. The second kappa shape index (κ2) is 10.5. The molecule has 0 radical (unpaired) electrons. The van der Waals surface area contributed by atoms with Gasteiger partial charge in [-0.3, -0.25) is 14.4 Å². The van der Waals surface area contributed by atoms with Gasteiger partial charge in [0.1, 0.15) is 12.1 Å². The lowest BCUT2D eigenvalue weighted by Gasteiger charge is -2.02. The van der Waals surface area contributed by atoms with Gasteiger partial charge >= 0.3 is 11.9 Å². The Morgan fingerprint density at radius 1 is 1.06 bits per heavy atom. The summed E-state index contributed by atoms with van der Waals surface area (Å²) >= 11 is 0. The zero-order valence-corrected chi connectivity index (χ0v) is 10.3. The number of unbranched alkanes of at least 4 members (excludes halogenated alkanes) is 1. The monoisotopic (exact) mass is 263 g/mol. The van der Waals surface area contributed by atoms with Gasteiger partial charge in [-0.15, -0.1) is 0 Å². The molecule has 0 rings (SSSR count). The summed E-state index contributed by atoms with van der Waals surface area (Å²) in [5, 5.41) is 16.4. The fraction of sp³-hybridized carbons (Fsp3) is 0.700. The van der Waals surface area contributed by atoms with E-state index in [4.69, 9.17) is 21.7 Å². The largest absolute Gasteiger partial charge is 0.480 e. The summed E-state index contributed by atoms with van der Waals surface area (Å²) in [5.41, 5.74) is 14.8. The lowest BCUT2D eigenvalue weighted by molar-refractivity contribution is -0.140. The highest BCUT2D eigenvalue weighted by Crippen LogP contribution is 1.96. The SMILES string of the molecule is CCCC[C@H](N)C(=O)O.NC(=O)C[C@H](N)C(=O)O. The molecule has 1 amide bonds. The van der Waals surface area contributed by atoms with Gasteiger partial charge in [-0.25, -0.2) is 0 Å². The van der Waals surface area contributed by atoms with Crippen LogP contribution in [0.2, 0.25) is 0 Å². The van der Waals surface area contributed by atoms with Crippen molar-refractivity contribution >= 4 is 17.8 Å². The van der Waals surface area contributed by atoms with E-state index in [1.807, 2.05) is 6.92 Å². The Kier molecular flexibility index (Phi) is 10.9. The van der Waals surface area contributed by atoms with Crippen LogP contribution in [0.4, 0.5) is 0 Å². The number of carboxylic acid groups (broad SMARTS) is 2. The zero-order chi connectivity index (χ0) is 14.7. The van der Waals surface area contributed by atoms with E-state index in [1.165, 1.54) is 0 Å². The molecule has 0 fully saturated rings. The molecule has 0 aromatic heterocycles. The molecule has 8 heteroatoms. The molecule has 0 aliphatic rings. The normalized spacial score (nSPS) is 12.8. The summed E-state index contributed by atoms with van der Waals surface area (Å²) in [6.45, 7) is 2.01. The molecule has 18 heavy (non-hydrogen) atoms. The van der Waals surface area contributed by atoms with Crippen LogP contribution < -0.4 is 17.2 Å². The smallest absolute Gasteiger partial charge is 0.321 e. The highest BCUT2D eigenvalue weighted by Gasteiger charge is 2.13. The first-order valence-corrected chi connectivity index (χ1v) is 5.47. The number of primary amides is 1. The van der Waals surface area contributed by atoms with Crippen LogP contribution in [0.25, 0.3) is 0 Å². The number of rotatable bonds is 7. The lowest BCUT2D eigenvalue weighted by Crippen LogP contribution is -2.34. The summed E-state index contributed by atoms with van der Waals surface area (Å²) in [6.07, 6.45) is 2.18. The first-order chi connectivity index (χ1) is 8.22. The number of hydrogen-bond acceptors (Lipinski definition) is 5. The number of carbonyl (C=O) groups is 3. The van der Waals surface area contributed by atoms with E-state index in [0.29, 0.717) is 6.42 Å². The molecule has 0 bridgehead atoms. The maximum atomic E-state index is 10.1. The zero-order valence-electron chi connectivity index (χ0n) is 10.3. The molecule has 0 saturated heterocycles. The standard InChI is InChI=1S/C6H13NO2.C4H8N2O3/c1-2-3-4-5(7)6(8)9;5-2(4(8)9)1-3(6)7/h5H,2-4,7H2,1H3,(H,8,9);2H,1,5H2,(H2,6,7)(H,8,9)/t5-;2-/m00/s1.